The fourth-order valence-corrected chi connectivity index (χ4v) is 1.32. The Balaban J connectivity index is 4.22. The molecule has 0 aromatic heterocycles. The van der Waals surface area contributed by atoms with Crippen LogP contribution in [0.2, 0.25) is 0 Å². The van der Waals surface area contributed by atoms with Gasteiger partial charge in [-0.05, 0) is 6.92 Å². The van der Waals surface area contributed by atoms with E-state index in [4.69, 9.17) is 0 Å². The average molecular weight is 272 g/mol. The average Bonchev–Trinajstić information content (AvgIpc) is 2.34. The number of rotatable bonds is 6. The summed E-state index contributed by atoms with van der Waals surface area (Å²) in [4.78, 5) is 36.0. The molecule has 0 aliphatic carbocycles. The molecular formula is C13H24N2O4. The van der Waals surface area contributed by atoms with Crippen molar-refractivity contribution in [2.45, 2.75) is 34.1 Å². The van der Waals surface area contributed by atoms with Gasteiger partial charge in [0.25, 0.3) is 0 Å². The van der Waals surface area contributed by atoms with Gasteiger partial charge in [0, 0.05) is 18.5 Å². The first-order valence-electron chi connectivity index (χ1n) is 6.35. The third-order valence-electron chi connectivity index (χ3n) is 2.63. The first-order chi connectivity index (χ1) is 8.72. The van der Waals surface area contributed by atoms with Gasteiger partial charge in [0.2, 0.25) is 11.8 Å². The van der Waals surface area contributed by atoms with Crippen LogP contribution < -0.4 is 5.32 Å². The summed E-state index contributed by atoms with van der Waals surface area (Å²) in [5.74, 6) is -0.737. The van der Waals surface area contributed by atoms with Crippen molar-refractivity contribution in [3.63, 3.8) is 0 Å². The van der Waals surface area contributed by atoms with Crippen LogP contribution in [0.1, 0.15) is 34.1 Å². The van der Waals surface area contributed by atoms with Crippen LogP contribution in [0.5, 0.6) is 0 Å². The van der Waals surface area contributed by atoms with Crippen LogP contribution in [0.25, 0.3) is 0 Å². The number of carbonyl (C=O) groups is 3. The van der Waals surface area contributed by atoms with Crippen LogP contribution in [-0.4, -0.2) is 49.4 Å². The molecule has 0 atom stereocenters. The predicted molar refractivity (Wildman–Crippen MR) is 71.4 cm³/mol. The Morgan fingerprint density at radius 1 is 1.21 bits per heavy atom. The van der Waals surface area contributed by atoms with E-state index in [1.54, 1.807) is 20.8 Å². The van der Waals surface area contributed by atoms with Crippen molar-refractivity contribution in [1.82, 2.24) is 10.2 Å². The molecule has 0 aromatic rings. The minimum absolute atomic E-state index is 0.0505. The van der Waals surface area contributed by atoms with E-state index in [2.05, 4.69) is 10.1 Å². The second-order valence-electron chi connectivity index (χ2n) is 5.23. The summed E-state index contributed by atoms with van der Waals surface area (Å²) < 4.78 is 4.52. The lowest BCUT2D eigenvalue weighted by molar-refractivity contribution is -0.142. The number of ether oxygens (including phenoxy) is 1. The van der Waals surface area contributed by atoms with E-state index in [1.807, 2.05) is 6.92 Å². The van der Waals surface area contributed by atoms with Gasteiger partial charge >= 0.3 is 5.97 Å². The number of nitrogens with zero attached hydrogens (tertiary/aromatic N) is 1. The van der Waals surface area contributed by atoms with Crippen molar-refractivity contribution >= 4 is 17.8 Å². The Labute approximate surface area is 114 Å². The Morgan fingerprint density at radius 2 is 1.79 bits per heavy atom. The highest BCUT2D eigenvalue weighted by Crippen LogP contribution is 2.12. The van der Waals surface area contributed by atoms with Crippen LogP contribution in [0.15, 0.2) is 0 Å². The standard InChI is InChI=1S/C13H24N2O4/c1-6-15(8-7-11(17)19-5)10(16)9-14-12(18)13(2,3)4/h6-9H2,1-5H3,(H,14,18). The topological polar surface area (TPSA) is 75.7 Å². The fourth-order valence-electron chi connectivity index (χ4n) is 1.32. The maximum Gasteiger partial charge on any atom is 0.307 e. The molecule has 0 rings (SSSR count). The Hall–Kier alpha value is -1.59. The molecule has 0 saturated carbocycles. The van der Waals surface area contributed by atoms with Gasteiger partial charge in [-0.3, -0.25) is 14.4 Å². The van der Waals surface area contributed by atoms with Gasteiger partial charge in [-0.2, -0.15) is 0 Å². The number of esters is 1. The monoisotopic (exact) mass is 272 g/mol. The lowest BCUT2D eigenvalue weighted by Crippen LogP contribution is -2.44. The number of hydrogen-bond acceptors (Lipinski definition) is 4. The van der Waals surface area contributed by atoms with E-state index in [1.165, 1.54) is 12.0 Å². The summed E-state index contributed by atoms with van der Waals surface area (Å²) in [6.45, 7) is 7.89. The van der Waals surface area contributed by atoms with Crippen molar-refractivity contribution in [2.24, 2.45) is 5.41 Å². The van der Waals surface area contributed by atoms with Crippen molar-refractivity contribution in [3.05, 3.63) is 0 Å². The third-order valence-corrected chi connectivity index (χ3v) is 2.63. The van der Waals surface area contributed by atoms with E-state index >= 15 is 0 Å². The van der Waals surface area contributed by atoms with Gasteiger partial charge in [-0.25, -0.2) is 0 Å². The van der Waals surface area contributed by atoms with Crippen LogP contribution in [0.3, 0.4) is 0 Å². The predicted octanol–water partition coefficient (Wildman–Crippen LogP) is 0.560. The molecule has 0 aromatic carbocycles. The second kappa shape index (κ2) is 7.76. The van der Waals surface area contributed by atoms with Crippen molar-refractivity contribution in [1.29, 1.82) is 0 Å². The van der Waals surface area contributed by atoms with Gasteiger partial charge in [0.15, 0.2) is 0 Å². The van der Waals surface area contributed by atoms with Gasteiger partial charge in [-0.1, -0.05) is 20.8 Å². The Bertz CT molecular complexity index is 334. The van der Waals surface area contributed by atoms with E-state index in [-0.39, 0.29) is 30.7 Å². The highest BCUT2D eigenvalue weighted by Gasteiger charge is 2.22. The number of nitrogens with one attached hydrogen (secondary N) is 1. The maximum atomic E-state index is 11.9. The molecule has 19 heavy (non-hydrogen) atoms. The van der Waals surface area contributed by atoms with Crippen molar-refractivity contribution < 1.29 is 19.1 Å². The fraction of sp³-hybridized carbons (Fsp3) is 0.769. The van der Waals surface area contributed by atoms with Gasteiger partial charge in [-0.15, -0.1) is 0 Å². The van der Waals surface area contributed by atoms with E-state index in [0.29, 0.717) is 13.1 Å². The van der Waals surface area contributed by atoms with Gasteiger partial charge in [0.1, 0.15) is 0 Å². The highest BCUT2D eigenvalue weighted by molar-refractivity contribution is 5.87. The first kappa shape index (κ1) is 17.4. The zero-order valence-corrected chi connectivity index (χ0v) is 12.4. The number of methoxy groups -OCH3 is 1. The van der Waals surface area contributed by atoms with Gasteiger partial charge < -0.3 is 15.0 Å². The molecule has 0 saturated heterocycles. The summed E-state index contributed by atoms with van der Waals surface area (Å²) in [5.41, 5.74) is -0.524. The number of hydrogen-bond donors (Lipinski definition) is 1. The molecule has 0 spiro atoms. The lowest BCUT2D eigenvalue weighted by Gasteiger charge is -2.22. The molecule has 6 nitrogen and oxygen atoms in total. The summed E-state index contributed by atoms with van der Waals surface area (Å²) >= 11 is 0. The van der Waals surface area contributed by atoms with Crippen LogP contribution in [0.4, 0.5) is 0 Å². The highest BCUT2D eigenvalue weighted by atomic mass is 16.5. The third kappa shape index (κ3) is 6.79. The van der Waals surface area contributed by atoms with Crippen molar-refractivity contribution in [3.8, 4) is 0 Å². The molecule has 6 heteroatoms. The Morgan fingerprint density at radius 3 is 2.21 bits per heavy atom. The minimum atomic E-state index is -0.524. The largest absolute Gasteiger partial charge is 0.469 e. The summed E-state index contributed by atoms with van der Waals surface area (Å²) in [5, 5.41) is 2.59. The first-order valence-corrected chi connectivity index (χ1v) is 6.35. The lowest BCUT2D eigenvalue weighted by atomic mass is 9.96. The van der Waals surface area contributed by atoms with E-state index in [0.717, 1.165) is 0 Å². The molecule has 110 valence electrons. The molecule has 2 amide bonds. The smallest absolute Gasteiger partial charge is 0.307 e. The number of amides is 2. The van der Waals surface area contributed by atoms with Gasteiger partial charge in [0.05, 0.1) is 20.1 Å². The number of likely N-dealkylation sites (N-methyl/N-ethyl adjacent to an activating group) is 1. The molecular weight excluding hydrogens is 248 g/mol. The quantitative estimate of drug-likeness (QED) is 0.717. The van der Waals surface area contributed by atoms with E-state index in [9.17, 15) is 14.4 Å². The molecule has 0 fully saturated rings. The maximum absolute atomic E-state index is 11.9. The van der Waals surface area contributed by atoms with Crippen LogP contribution >= 0.6 is 0 Å². The van der Waals surface area contributed by atoms with Crippen LogP contribution in [0, 0.1) is 5.41 Å². The second-order valence-corrected chi connectivity index (χ2v) is 5.23. The summed E-state index contributed by atoms with van der Waals surface area (Å²) in [7, 11) is 1.31. The van der Waals surface area contributed by atoms with E-state index < -0.39 is 5.41 Å². The molecule has 0 radical (unpaired) electrons. The minimum Gasteiger partial charge on any atom is -0.469 e. The summed E-state index contributed by atoms with van der Waals surface area (Å²) in [6, 6.07) is 0. The molecule has 0 heterocycles. The molecule has 1 N–H and O–H groups in total. The van der Waals surface area contributed by atoms with Crippen LogP contribution in [-0.2, 0) is 19.1 Å². The molecule has 0 unspecified atom stereocenters. The molecule has 0 bridgehead atoms. The zero-order chi connectivity index (χ0) is 15.1. The molecule has 0 aliphatic rings. The SMILES string of the molecule is CCN(CCC(=O)OC)C(=O)CNC(=O)C(C)(C)C. The normalized spacial score (nSPS) is 10.8. The molecule has 0 aliphatic heterocycles. The van der Waals surface area contributed by atoms with Crippen molar-refractivity contribution in [2.75, 3.05) is 26.7 Å². The number of carbonyl (C=O) groups excluding carboxylic acids is 3. The zero-order valence-electron chi connectivity index (χ0n) is 12.4. The summed E-state index contributed by atoms with van der Waals surface area (Å²) in [6.07, 6.45) is 0.156. The Kier molecular flexibility index (Phi) is 7.11.